The van der Waals surface area contributed by atoms with Crippen LogP contribution in [0.1, 0.15) is 22.8 Å². The minimum absolute atomic E-state index is 0.107. The van der Waals surface area contributed by atoms with Crippen molar-refractivity contribution in [2.45, 2.75) is 24.8 Å². The average Bonchev–Trinajstić information content (AvgIpc) is 3.46. The molecule has 2 amide bonds. The van der Waals surface area contributed by atoms with Crippen LogP contribution in [0, 0.1) is 12.3 Å². The molecule has 37 heavy (non-hydrogen) atoms. The number of carbonyl (C=O) groups excluding carboxylic acids is 2. The number of hydrogen-bond donors (Lipinski definition) is 1. The number of terminal acetylenes is 1. The molecule has 0 unspecified atom stereocenters. The van der Waals surface area contributed by atoms with Crippen molar-refractivity contribution >= 4 is 54.8 Å². The fourth-order valence-corrected chi connectivity index (χ4v) is 6.86. The molecule has 4 aromatic rings. The van der Waals surface area contributed by atoms with Gasteiger partial charge in [-0.15, -0.1) is 6.42 Å². The highest BCUT2D eigenvalue weighted by molar-refractivity contribution is 7.92. The number of nitrogens with one attached hydrogen (secondary N) is 1. The SMILES string of the molecule is C#CCn1c(=NC(=O)c2ccc(S(=O)(=O)N3CCc4ccccc43)cc2)sc2cc(NC(C)=O)ccc21. The van der Waals surface area contributed by atoms with Crippen LogP contribution in [0.15, 0.2) is 76.6 Å². The molecule has 1 aromatic heterocycles. The maximum Gasteiger partial charge on any atom is 0.279 e. The van der Waals surface area contributed by atoms with Gasteiger partial charge < -0.3 is 9.88 Å². The van der Waals surface area contributed by atoms with Crippen molar-refractivity contribution in [3.63, 3.8) is 0 Å². The lowest BCUT2D eigenvalue weighted by molar-refractivity contribution is -0.114. The molecule has 0 radical (unpaired) electrons. The van der Waals surface area contributed by atoms with Crippen LogP contribution >= 0.6 is 11.3 Å². The van der Waals surface area contributed by atoms with Gasteiger partial charge in [0.1, 0.15) is 0 Å². The minimum Gasteiger partial charge on any atom is -0.326 e. The summed E-state index contributed by atoms with van der Waals surface area (Å²) < 4.78 is 30.5. The van der Waals surface area contributed by atoms with Crippen molar-refractivity contribution in [1.29, 1.82) is 0 Å². The zero-order valence-corrected chi connectivity index (χ0v) is 21.5. The molecule has 0 atom stereocenters. The Bertz CT molecular complexity index is 1760. The molecular formula is C27H22N4O4S2. The highest BCUT2D eigenvalue weighted by atomic mass is 32.2. The fourth-order valence-electron chi connectivity index (χ4n) is 4.29. The Hall–Kier alpha value is -4.20. The van der Waals surface area contributed by atoms with Gasteiger partial charge in [0.15, 0.2) is 4.80 Å². The first-order valence-corrected chi connectivity index (χ1v) is 13.7. The number of rotatable bonds is 5. The van der Waals surface area contributed by atoms with Crippen LogP contribution < -0.4 is 14.4 Å². The number of thiazole rings is 1. The number of para-hydroxylation sites is 1. The summed E-state index contributed by atoms with van der Waals surface area (Å²) in [5.74, 6) is 1.87. The molecule has 2 heterocycles. The first kappa shape index (κ1) is 24.5. The molecule has 0 saturated carbocycles. The Labute approximate surface area is 217 Å². The first-order chi connectivity index (χ1) is 17.8. The molecule has 8 nitrogen and oxygen atoms in total. The first-order valence-electron chi connectivity index (χ1n) is 11.4. The summed E-state index contributed by atoms with van der Waals surface area (Å²) in [6, 6.07) is 18.6. The Morgan fingerprint density at radius 1 is 1.11 bits per heavy atom. The van der Waals surface area contributed by atoms with Crippen LogP contribution in [0.25, 0.3) is 10.2 Å². The molecule has 0 saturated heterocycles. The fraction of sp³-hybridized carbons (Fsp3) is 0.148. The van der Waals surface area contributed by atoms with E-state index in [0.29, 0.717) is 29.1 Å². The van der Waals surface area contributed by atoms with Crippen LogP contribution in [0.4, 0.5) is 11.4 Å². The van der Waals surface area contributed by atoms with E-state index in [0.717, 1.165) is 15.8 Å². The van der Waals surface area contributed by atoms with Gasteiger partial charge in [0.2, 0.25) is 5.91 Å². The maximum absolute atomic E-state index is 13.3. The number of aromatic nitrogens is 1. The van der Waals surface area contributed by atoms with Gasteiger partial charge in [-0.2, -0.15) is 4.99 Å². The van der Waals surface area contributed by atoms with Gasteiger partial charge in [-0.25, -0.2) is 8.42 Å². The zero-order chi connectivity index (χ0) is 26.2. The van der Waals surface area contributed by atoms with E-state index in [4.69, 9.17) is 6.42 Å². The summed E-state index contributed by atoms with van der Waals surface area (Å²) in [6.45, 7) is 2.01. The van der Waals surface area contributed by atoms with Crippen molar-refractivity contribution in [3.8, 4) is 12.3 Å². The summed E-state index contributed by atoms with van der Waals surface area (Å²) in [5.41, 5.74) is 3.34. The van der Waals surface area contributed by atoms with Gasteiger partial charge in [0.05, 0.1) is 27.3 Å². The minimum atomic E-state index is -3.76. The summed E-state index contributed by atoms with van der Waals surface area (Å²) >= 11 is 1.27. The molecule has 0 spiro atoms. The van der Waals surface area contributed by atoms with E-state index >= 15 is 0 Å². The van der Waals surface area contributed by atoms with Crippen LogP contribution in [0.5, 0.6) is 0 Å². The van der Waals surface area contributed by atoms with Crippen LogP contribution in [-0.2, 0) is 27.8 Å². The second kappa shape index (κ2) is 9.69. The summed E-state index contributed by atoms with van der Waals surface area (Å²) in [6.07, 6.45) is 6.20. The summed E-state index contributed by atoms with van der Waals surface area (Å²) in [4.78, 5) is 29.2. The summed E-state index contributed by atoms with van der Waals surface area (Å²) in [5, 5.41) is 2.74. The van der Waals surface area contributed by atoms with Crippen LogP contribution in [-0.4, -0.2) is 31.3 Å². The molecule has 5 rings (SSSR count). The van der Waals surface area contributed by atoms with E-state index < -0.39 is 15.9 Å². The largest absolute Gasteiger partial charge is 0.326 e. The van der Waals surface area contributed by atoms with Crippen LogP contribution in [0.2, 0.25) is 0 Å². The molecule has 186 valence electrons. The predicted octanol–water partition coefficient (Wildman–Crippen LogP) is 3.79. The van der Waals surface area contributed by atoms with Crippen molar-refractivity contribution in [2.75, 3.05) is 16.2 Å². The number of hydrogen-bond acceptors (Lipinski definition) is 5. The Morgan fingerprint density at radius 2 is 1.86 bits per heavy atom. The molecular weight excluding hydrogens is 508 g/mol. The van der Waals surface area contributed by atoms with E-state index in [-0.39, 0.29) is 22.9 Å². The molecule has 0 fully saturated rings. The van der Waals surface area contributed by atoms with Crippen molar-refractivity contribution in [2.24, 2.45) is 4.99 Å². The second-order valence-electron chi connectivity index (χ2n) is 8.44. The average molecular weight is 531 g/mol. The number of amides is 2. The number of sulfonamides is 1. The third kappa shape index (κ3) is 4.67. The number of anilines is 2. The molecule has 1 aliphatic heterocycles. The van der Waals surface area contributed by atoms with E-state index in [1.807, 2.05) is 24.3 Å². The smallest absolute Gasteiger partial charge is 0.279 e. The normalized spacial score (nSPS) is 13.4. The Morgan fingerprint density at radius 3 is 2.59 bits per heavy atom. The molecule has 0 aliphatic carbocycles. The molecule has 1 N–H and O–H groups in total. The second-order valence-corrected chi connectivity index (χ2v) is 11.3. The summed E-state index contributed by atoms with van der Waals surface area (Å²) in [7, 11) is -3.76. The lowest BCUT2D eigenvalue weighted by atomic mass is 10.2. The van der Waals surface area contributed by atoms with Gasteiger partial charge in [-0.1, -0.05) is 35.5 Å². The number of fused-ring (bicyclic) bond motifs is 2. The molecule has 0 bridgehead atoms. The highest BCUT2D eigenvalue weighted by Gasteiger charge is 2.30. The standard InChI is InChI=1S/C27H22N4O4S2/c1-3-15-30-24-13-10-21(28-18(2)32)17-25(24)36-27(30)29-26(33)20-8-11-22(12-9-20)37(34,35)31-16-14-19-6-4-5-7-23(19)31/h1,4-13,17H,14-16H2,2H3,(H,28,32). The van der Waals surface area contributed by atoms with Gasteiger partial charge >= 0.3 is 0 Å². The monoisotopic (exact) mass is 530 g/mol. The van der Waals surface area contributed by atoms with Gasteiger partial charge in [0, 0.05) is 24.7 Å². The quantitative estimate of drug-likeness (QED) is 0.397. The zero-order valence-electron chi connectivity index (χ0n) is 19.8. The third-order valence-corrected chi connectivity index (χ3v) is 8.85. The van der Waals surface area contributed by atoms with E-state index in [2.05, 4.69) is 16.2 Å². The van der Waals surface area contributed by atoms with E-state index in [1.54, 1.807) is 22.8 Å². The van der Waals surface area contributed by atoms with E-state index in [9.17, 15) is 18.0 Å². The van der Waals surface area contributed by atoms with Crippen molar-refractivity contribution < 1.29 is 18.0 Å². The number of carbonyl (C=O) groups is 2. The maximum atomic E-state index is 13.3. The predicted molar refractivity (Wildman–Crippen MR) is 144 cm³/mol. The van der Waals surface area contributed by atoms with Gasteiger partial charge in [-0.05, 0) is 60.5 Å². The molecule has 10 heteroatoms. The highest BCUT2D eigenvalue weighted by Crippen LogP contribution is 2.32. The van der Waals surface area contributed by atoms with Crippen LogP contribution in [0.3, 0.4) is 0 Å². The van der Waals surface area contributed by atoms with Crippen molar-refractivity contribution in [1.82, 2.24) is 4.57 Å². The third-order valence-electron chi connectivity index (χ3n) is 5.98. The Balaban J connectivity index is 1.46. The lowest BCUT2D eigenvalue weighted by Gasteiger charge is -2.19. The molecule has 1 aliphatic rings. The lowest BCUT2D eigenvalue weighted by Crippen LogP contribution is -2.29. The Kier molecular flexibility index (Phi) is 6.41. The van der Waals surface area contributed by atoms with E-state index in [1.165, 1.54) is 46.8 Å². The number of benzene rings is 3. The van der Waals surface area contributed by atoms with Crippen molar-refractivity contribution in [3.05, 3.63) is 82.7 Å². The topological polar surface area (TPSA) is 101 Å². The molecule has 3 aromatic carbocycles. The van der Waals surface area contributed by atoms with Gasteiger partial charge in [-0.3, -0.25) is 13.9 Å². The van der Waals surface area contributed by atoms with Gasteiger partial charge in [0.25, 0.3) is 15.9 Å². The number of nitrogens with zero attached hydrogens (tertiary/aromatic N) is 3.